The zero-order chi connectivity index (χ0) is 18.7. The maximum Gasteiger partial charge on any atom is 0.293 e. The predicted molar refractivity (Wildman–Crippen MR) is 100 cm³/mol. The van der Waals surface area contributed by atoms with Gasteiger partial charge in [-0.25, -0.2) is 8.42 Å². The number of nitrogens with zero attached hydrogens (tertiary/aromatic N) is 4. The Morgan fingerprint density at radius 3 is 2.38 bits per heavy atom. The molecule has 0 amide bonds. The van der Waals surface area contributed by atoms with Gasteiger partial charge in [0.15, 0.2) is 0 Å². The third-order valence-electron chi connectivity index (χ3n) is 5.16. The van der Waals surface area contributed by atoms with Gasteiger partial charge in [-0.05, 0) is 45.0 Å². The largest absolute Gasteiger partial charge is 0.365 e. The first-order chi connectivity index (χ1) is 12.4. The quantitative estimate of drug-likeness (QED) is 0.584. The Balaban J connectivity index is 1.93. The van der Waals surface area contributed by atoms with E-state index in [0.717, 1.165) is 45.3 Å². The number of rotatable bonds is 4. The maximum absolute atomic E-state index is 12.8. The van der Waals surface area contributed by atoms with Crippen LogP contribution in [0, 0.1) is 10.1 Å². The molecule has 2 heterocycles. The molecular formula is C17H26N4O4S. The van der Waals surface area contributed by atoms with Gasteiger partial charge in [-0.2, -0.15) is 4.31 Å². The van der Waals surface area contributed by atoms with Crippen molar-refractivity contribution in [2.45, 2.75) is 30.6 Å². The van der Waals surface area contributed by atoms with Crippen LogP contribution in [-0.2, 0) is 10.0 Å². The van der Waals surface area contributed by atoms with Crippen LogP contribution in [0.4, 0.5) is 11.4 Å². The second kappa shape index (κ2) is 7.89. The van der Waals surface area contributed by atoms with Gasteiger partial charge >= 0.3 is 0 Å². The zero-order valence-electron chi connectivity index (χ0n) is 15.1. The van der Waals surface area contributed by atoms with Gasteiger partial charge in [-0.3, -0.25) is 10.1 Å². The fourth-order valence-electron chi connectivity index (χ4n) is 3.62. The molecule has 3 rings (SSSR count). The van der Waals surface area contributed by atoms with Crippen LogP contribution in [-0.4, -0.2) is 68.9 Å². The lowest BCUT2D eigenvalue weighted by Gasteiger charge is -2.26. The van der Waals surface area contributed by atoms with E-state index in [0.29, 0.717) is 25.3 Å². The van der Waals surface area contributed by atoms with E-state index in [-0.39, 0.29) is 10.6 Å². The first-order valence-electron chi connectivity index (χ1n) is 9.12. The Hall–Kier alpha value is -1.71. The average molecular weight is 382 g/mol. The number of hydrogen-bond acceptors (Lipinski definition) is 6. The number of nitro groups is 1. The summed E-state index contributed by atoms with van der Waals surface area (Å²) in [6, 6.07) is 4.34. The third kappa shape index (κ3) is 3.99. The van der Waals surface area contributed by atoms with Crippen molar-refractivity contribution in [2.24, 2.45) is 0 Å². The molecule has 0 aromatic heterocycles. The highest BCUT2D eigenvalue weighted by molar-refractivity contribution is 7.89. The molecule has 1 aromatic rings. The molecule has 0 aliphatic carbocycles. The molecule has 2 fully saturated rings. The van der Waals surface area contributed by atoms with Gasteiger partial charge < -0.3 is 9.80 Å². The topological polar surface area (TPSA) is 87.0 Å². The van der Waals surface area contributed by atoms with Crippen LogP contribution in [0.15, 0.2) is 23.1 Å². The number of piperidine rings is 1. The van der Waals surface area contributed by atoms with Crippen LogP contribution in [0.2, 0.25) is 0 Å². The van der Waals surface area contributed by atoms with E-state index in [1.54, 1.807) is 6.07 Å². The molecule has 2 saturated heterocycles. The highest BCUT2D eigenvalue weighted by Crippen LogP contribution is 2.33. The summed E-state index contributed by atoms with van der Waals surface area (Å²) in [6.07, 6.45) is 3.61. The van der Waals surface area contributed by atoms with Gasteiger partial charge in [0.1, 0.15) is 5.69 Å². The molecule has 0 radical (unpaired) electrons. The van der Waals surface area contributed by atoms with Crippen molar-refractivity contribution in [1.82, 2.24) is 9.21 Å². The van der Waals surface area contributed by atoms with Crippen molar-refractivity contribution >= 4 is 21.4 Å². The van der Waals surface area contributed by atoms with Crippen LogP contribution >= 0.6 is 0 Å². The number of nitro benzene ring substituents is 1. The Morgan fingerprint density at radius 1 is 0.962 bits per heavy atom. The molecular weight excluding hydrogens is 356 g/mol. The SMILES string of the molecule is CN1CCCN(c2ccc(S(=O)(=O)N3CCCCC3)cc2[N+](=O)[O-])CC1. The minimum atomic E-state index is -3.68. The van der Waals surface area contributed by atoms with Crippen LogP contribution < -0.4 is 4.90 Å². The highest BCUT2D eigenvalue weighted by Gasteiger charge is 2.30. The molecule has 9 heteroatoms. The number of anilines is 1. The van der Waals surface area contributed by atoms with E-state index in [1.807, 2.05) is 11.9 Å². The first kappa shape index (κ1) is 19.1. The van der Waals surface area contributed by atoms with E-state index >= 15 is 0 Å². The molecule has 0 N–H and O–H groups in total. The molecule has 0 bridgehead atoms. The summed E-state index contributed by atoms with van der Waals surface area (Å²) in [5, 5.41) is 11.6. The maximum atomic E-state index is 12.8. The number of benzene rings is 1. The van der Waals surface area contributed by atoms with E-state index < -0.39 is 14.9 Å². The van der Waals surface area contributed by atoms with Crippen LogP contribution in [0.3, 0.4) is 0 Å². The summed E-state index contributed by atoms with van der Waals surface area (Å²) < 4.78 is 27.1. The summed E-state index contributed by atoms with van der Waals surface area (Å²) in [5.74, 6) is 0. The minimum absolute atomic E-state index is 0.0155. The Morgan fingerprint density at radius 2 is 1.69 bits per heavy atom. The van der Waals surface area contributed by atoms with Gasteiger partial charge in [-0.1, -0.05) is 6.42 Å². The molecule has 26 heavy (non-hydrogen) atoms. The van der Waals surface area contributed by atoms with Gasteiger partial charge in [0, 0.05) is 38.8 Å². The van der Waals surface area contributed by atoms with Crippen molar-refractivity contribution < 1.29 is 13.3 Å². The van der Waals surface area contributed by atoms with E-state index in [4.69, 9.17) is 0 Å². The lowest BCUT2D eigenvalue weighted by Crippen LogP contribution is -2.35. The first-order valence-corrected chi connectivity index (χ1v) is 10.6. The van der Waals surface area contributed by atoms with Gasteiger partial charge in [0.05, 0.1) is 9.82 Å². The van der Waals surface area contributed by atoms with Crippen molar-refractivity contribution in [1.29, 1.82) is 0 Å². The standard InChI is InChI=1S/C17H26N4O4S/c1-18-8-5-9-19(13-12-18)16-7-6-15(14-17(16)21(22)23)26(24,25)20-10-3-2-4-11-20/h6-7,14H,2-5,8-13H2,1H3. The zero-order valence-corrected chi connectivity index (χ0v) is 15.9. The fourth-order valence-corrected chi connectivity index (χ4v) is 5.16. The third-order valence-corrected chi connectivity index (χ3v) is 7.05. The number of hydrogen-bond donors (Lipinski definition) is 0. The molecule has 1 aromatic carbocycles. The molecule has 0 atom stereocenters. The predicted octanol–water partition coefficient (Wildman–Crippen LogP) is 1.91. The number of likely N-dealkylation sites (N-methyl/N-ethyl adjacent to an activating group) is 1. The molecule has 0 spiro atoms. The smallest absolute Gasteiger partial charge is 0.293 e. The molecule has 2 aliphatic heterocycles. The van der Waals surface area contributed by atoms with Gasteiger partial charge in [0.2, 0.25) is 10.0 Å². The van der Waals surface area contributed by atoms with Gasteiger partial charge in [-0.15, -0.1) is 0 Å². The lowest BCUT2D eigenvalue weighted by atomic mass is 10.2. The van der Waals surface area contributed by atoms with Crippen molar-refractivity contribution in [3.05, 3.63) is 28.3 Å². The average Bonchev–Trinajstić information content (AvgIpc) is 2.86. The summed E-state index contributed by atoms with van der Waals surface area (Å²) in [4.78, 5) is 15.4. The molecule has 144 valence electrons. The number of sulfonamides is 1. The van der Waals surface area contributed by atoms with Crippen molar-refractivity contribution in [3.63, 3.8) is 0 Å². The van der Waals surface area contributed by atoms with Crippen LogP contribution in [0.25, 0.3) is 0 Å². The highest BCUT2D eigenvalue weighted by atomic mass is 32.2. The normalized spacial score (nSPS) is 20.7. The summed E-state index contributed by atoms with van der Waals surface area (Å²) >= 11 is 0. The Kier molecular flexibility index (Phi) is 5.79. The van der Waals surface area contributed by atoms with E-state index in [9.17, 15) is 18.5 Å². The molecule has 2 aliphatic rings. The second-order valence-electron chi connectivity index (χ2n) is 7.02. The Labute approximate surface area is 154 Å². The summed E-state index contributed by atoms with van der Waals surface area (Å²) in [7, 11) is -1.65. The summed E-state index contributed by atoms with van der Waals surface area (Å²) in [5.41, 5.74) is 0.371. The van der Waals surface area contributed by atoms with Crippen molar-refractivity contribution in [2.75, 3.05) is 51.2 Å². The molecule has 8 nitrogen and oxygen atoms in total. The van der Waals surface area contributed by atoms with Crippen molar-refractivity contribution in [3.8, 4) is 0 Å². The van der Waals surface area contributed by atoms with Crippen LogP contribution in [0.5, 0.6) is 0 Å². The molecule has 0 unspecified atom stereocenters. The minimum Gasteiger partial charge on any atom is -0.365 e. The lowest BCUT2D eigenvalue weighted by molar-refractivity contribution is -0.384. The summed E-state index contributed by atoms with van der Waals surface area (Å²) in [6.45, 7) is 4.16. The van der Waals surface area contributed by atoms with Crippen LogP contribution in [0.1, 0.15) is 25.7 Å². The fraction of sp³-hybridized carbons (Fsp3) is 0.647. The van der Waals surface area contributed by atoms with E-state index in [2.05, 4.69) is 4.90 Å². The second-order valence-corrected chi connectivity index (χ2v) is 8.95. The van der Waals surface area contributed by atoms with E-state index in [1.165, 1.54) is 16.4 Å². The monoisotopic (exact) mass is 382 g/mol. The van der Waals surface area contributed by atoms with Gasteiger partial charge in [0.25, 0.3) is 5.69 Å². The Bertz CT molecular complexity index is 762. The molecule has 0 saturated carbocycles.